The summed E-state index contributed by atoms with van der Waals surface area (Å²) in [5, 5.41) is 5.82. The fourth-order valence-corrected chi connectivity index (χ4v) is 3.03. The van der Waals surface area contributed by atoms with Gasteiger partial charge in [0.15, 0.2) is 11.5 Å². The van der Waals surface area contributed by atoms with Crippen LogP contribution in [0.3, 0.4) is 0 Å². The summed E-state index contributed by atoms with van der Waals surface area (Å²) in [6.45, 7) is 2.61. The molecule has 0 heterocycles. The molecule has 0 spiro atoms. The Bertz CT molecular complexity index is 1140. The van der Waals surface area contributed by atoms with E-state index in [0.29, 0.717) is 43.2 Å². The quantitative estimate of drug-likeness (QED) is 0.207. The molecule has 0 saturated heterocycles. The summed E-state index contributed by atoms with van der Waals surface area (Å²) in [6.07, 6.45) is 1.12. The van der Waals surface area contributed by atoms with Gasteiger partial charge in [0.05, 0.1) is 45.6 Å². The highest BCUT2D eigenvalue weighted by molar-refractivity contribution is 5.97. The molecule has 2 aromatic carbocycles. The molecule has 0 atom stereocenters. The highest BCUT2D eigenvalue weighted by Crippen LogP contribution is 2.34. The van der Waals surface area contributed by atoms with Crippen molar-refractivity contribution in [1.82, 2.24) is 5.32 Å². The van der Waals surface area contributed by atoms with Crippen LogP contribution in [-0.2, 0) is 16.0 Å². The van der Waals surface area contributed by atoms with E-state index in [9.17, 15) is 9.59 Å². The van der Waals surface area contributed by atoms with Gasteiger partial charge in [-0.05, 0) is 31.0 Å². The lowest BCUT2D eigenvalue weighted by molar-refractivity contribution is -0.117. The van der Waals surface area contributed by atoms with E-state index in [2.05, 4.69) is 34.6 Å². The molecule has 0 aliphatic carbocycles. The van der Waals surface area contributed by atoms with Gasteiger partial charge < -0.3 is 29.6 Å². The van der Waals surface area contributed by atoms with Crippen molar-refractivity contribution in [3.63, 3.8) is 0 Å². The first-order valence-corrected chi connectivity index (χ1v) is 11.0. The molecule has 0 saturated carbocycles. The molecule has 0 aromatic heterocycles. The van der Waals surface area contributed by atoms with Crippen molar-refractivity contribution in [3.05, 3.63) is 47.5 Å². The van der Waals surface area contributed by atoms with E-state index in [1.807, 2.05) is 24.3 Å². The first-order valence-electron chi connectivity index (χ1n) is 11.0. The van der Waals surface area contributed by atoms with Gasteiger partial charge in [0.25, 0.3) is 0 Å². The molecule has 0 radical (unpaired) electrons. The Kier molecular flexibility index (Phi) is 11.4. The van der Waals surface area contributed by atoms with E-state index in [1.54, 1.807) is 26.2 Å². The van der Waals surface area contributed by atoms with E-state index in [1.165, 1.54) is 14.2 Å². The maximum Gasteiger partial charge on any atom is 0.340 e. The van der Waals surface area contributed by atoms with E-state index in [-0.39, 0.29) is 17.8 Å². The van der Waals surface area contributed by atoms with Crippen molar-refractivity contribution in [2.24, 2.45) is 0 Å². The molecule has 8 heteroatoms. The molecule has 0 unspecified atom stereocenters. The van der Waals surface area contributed by atoms with Crippen molar-refractivity contribution >= 4 is 17.4 Å². The van der Waals surface area contributed by atoms with Gasteiger partial charge in [0, 0.05) is 37.2 Å². The first-order chi connectivity index (χ1) is 17.0. The van der Waals surface area contributed by atoms with Gasteiger partial charge in [0.1, 0.15) is 11.5 Å². The minimum Gasteiger partial charge on any atom is -0.497 e. The summed E-state index contributed by atoms with van der Waals surface area (Å²) in [7, 11) is 4.42. The number of rotatable bonds is 12. The predicted octanol–water partition coefficient (Wildman–Crippen LogP) is 3.40. The van der Waals surface area contributed by atoms with Crippen LogP contribution in [0.1, 0.15) is 35.7 Å². The lowest BCUT2D eigenvalue weighted by atomic mass is 10.1. The largest absolute Gasteiger partial charge is 0.497 e. The smallest absolute Gasteiger partial charge is 0.340 e. The maximum atomic E-state index is 12.1. The fourth-order valence-electron chi connectivity index (χ4n) is 3.03. The van der Waals surface area contributed by atoms with Crippen molar-refractivity contribution < 1.29 is 28.5 Å². The van der Waals surface area contributed by atoms with Crippen LogP contribution in [0.15, 0.2) is 36.4 Å². The normalized spacial score (nSPS) is 9.49. The van der Waals surface area contributed by atoms with E-state index >= 15 is 0 Å². The number of esters is 1. The monoisotopic (exact) mass is 478 g/mol. The highest BCUT2D eigenvalue weighted by Gasteiger charge is 2.17. The van der Waals surface area contributed by atoms with Gasteiger partial charge in [-0.25, -0.2) is 4.79 Å². The Hall–Kier alpha value is -4.30. The van der Waals surface area contributed by atoms with Crippen LogP contribution in [0, 0.1) is 23.9 Å². The second-order valence-corrected chi connectivity index (χ2v) is 7.21. The Balaban J connectivity index is 1.81. The molecule has 35 heavy (non-hydrogen) atoms. The van der Waals surface area contributed by atoms with Crippen LogP contribution in [0.4, 0.5) is 5.69 Å². The number of Topliss-reactive ketones (excluding diaryl/α,β-unsaturated/α-hetero) is 1. The second kappa shape index (κ2) is 14.8. The molecule has 0 amide bonds. The van der Waals surface area contributed by atoms with E-state index < -0.39 is 5.97 Å². The van der Waals surface area contributed by atoms with Crippen molar-refractivity contribution in [3.8, 4) is 41.2 Å². The number of hydrogen-bond acceptors (Lipinski definition) is 8. The van der Waals surface area contributed by atoms with Gasteiger partial charge in [-0.3, -0.25) is 4.79 Å². The maximum absolute atomic E-state index is 12.1. The zero-order valence-electron chi connectivity index (χ0n) is 20.4. The van der Waals surface area contributed by atoms with Crippen molar-refractivity contribution in [2.45, 2.75) is 26.2 Å². The SMILES string of the molecule is CC#CNc1cc(OC)c(OCCCNC#CCC(=O)Cc2cccc(OC)c2)cc1C(=O)OC. The Morgan fingerprint density at radius 1 is 1.00 bits per heavy atom. The number of methoxy groups -OCH3 is 3. The lowest BCUT2D eigenvalue weighted by Gasteiger charge is -2.14. The number of hydrogen-bond donors (Lipinski definition) is 2. The molecule has 2 aromatic rings. The fraction of sp³-hybridized carbons (Fsp3) is 0.333. The molecule has 2 N–H and O–H groups in total. The van der Waals surface area contributed by atoms with Crippen LogP contribution in [0.2, 0.25) is 0 Å². The number of carbonyl (C=O) groups excluding carboxylic acids is 2. The van der Waals surface area contributed by atoms with Crippen molar-refractivity contribution in [2.75, 3.05) is 39.8 Å². The van der Waals surface area contributed by atoms with Crippen LogP contribution in [0.5, 0.6) is 17.2 Å². The van der Waals surface area contributed by atoms with Gasteiger partial charge in [-0.2, -0.15) is 0 Å². The Morgan fingerprint density at radius 2 is 1.83 bits per heavy atom. The molecular weight excluding hydrogens is 448 g/mol. The summed E-state index contributed by atoms with van der Waals surface area (Å²) in [6, 6.07) is 16.1. The molecule has 184 valence electrons. The van der Waals surface area contributed by atoms with Gasteiger partial charge >= 0.3 is 5.97 Å². The third kappa shape index (κ3) is 8.87. The highest BCUT2D eigenvalue weighted by atomic mass is 16.5. The molecule has 0 aliphatic heterocycles. The number of benzene rings is 2. The molecule has 0 fully saturated rings. The third-order valence-electron chi connectivity index (χ3n) is 4.73. The summed E-state index contributed by atoms with van der Waals surface area (Å²) in [4.78, 5) is 24.2. The lowest BCUT2D eigenvalue weighted by Crippen LogP contribution is -2.13. The zero-order chi connectivity index (χ0) is 25.5. The van der Waals surface area contributed by atoms with Gasteiger partial charge in [-0.1, -0.05) is 24.0 Å². The third-order valence-corrected chi connectivity index (χ3v) is 4.73. The van der Waals surface area contributed by atoms with Gasteiger partial charge in [-0.15, -0.1) is 0 Å². The van der Waals surface area contributed by atoms with Crippen LogP contribution >= 0.6 is 0 Å². The molecular formula is C27H30N2O6. The zero-order valence-corrected chi connectivity index (χ0v) is 20.4. The number of carbonyl (C=O) groups is 2. The van der Waals surface area contributed by atoms with Crippen molar-refractivity contribution in [1.29, 1.82) is 0 Å². The number of nitrogens with one attached hydrogen (secondary N) is 2. The van der Waals surface area contributed by atoms with E-state index in [4.69, 9.17) is 18.9 Å². The average molecular weight is 479 g/mol. The Morgan fingerprint density at radius 3 is 2.54 bits per heavy atom. The molecule has 2 rings (SSSR count). The summed E-state index contributed by atoms with van der Waals surface area (Å²) in [5.74, 6) is 6.66. The predicted molar refractivity (Wildman–Crippen MR) is 134 cm³/mol. The second-order valence-electron chi connectivity index (χ2n) is 7.21. The standard InChI is InChI=1S/C27H30N2O6/c1-5-12-29-24-19-25(33-3)26(18-23(24)27(31)34-4)35-15-8-14-28-13-7-10-21(30)16-20-9-6-11-22(17-20)32-2/h6,9,11,17-19,28-29H,8,10,14-16H2,1-4H3. The number of ether oxygens (including phenoxy) is 4. The molecule has 0 bridgehead atoms. The van der Waals surface area contributed by atoms with Gasteiger partial charge in [0.2, 0.25) is 0 Å². The minimum absolute atomic E-state index is 0.0345. The van der Waals surface area contributed by atoms with Crippen LogP contribution < -0.4 is 24.8 Å². The summed E-state index contributed by atoms with van der Waals surface area (Å²) >= 11 is 0. The minimum atomic E-state index is -0.518. The number of ketones is 1. The van der Waals surface area contributed by atoms with E-state index in [0.717, 1.165) is 11.3 Å². The number of anilines is 1. The molecule has 0 aliphatic rings. The van der Waals surface area contributed by atoms with Crippen LogP contribution in [-0.4, -0.2) is 46.2 Å². The molecule has 8 nitrogen and oxygen atoms in total. The summed E-state index contributed by atoms with van der Waals surface area (Å²) in [5.41, 5.74) is 1.65. The van der Waals surface area contributed by atoms with Crippen LogP contribution in [0.25, 0.3) is 0 Å². The summed E-state index contributed by atoms with van der Waals surface area (Å²) < 4.78 is 21.2. The average Bonchev–Trinajstić information content (AvgIpc) is 2.88. The Labute approximate surface area is 206 Å². The topological polar surface area (TPSA) is 95.1 Å². The first kappa shape index (κ1) is 26.9.